The van der Waals surface area contributed by atoms with Gasteiger partial charge in [-0.05, 0) is 54.8 Å². The number of rotatable bonds is 9. The van der Waals surface area contributed by atoms with E-state index in [-0.39, 0.29) is 5.75 Å². The van der Waals surface area contributed by atoms with Gasteiger partial charge in [0.15, 0.2) is 17.1 Å². The van der Waals surface area contributed by atoms with Gasteiger partial charge in [-0.1, -0.05) is 62.0 Å². The van der Waals surface area contributed by atoms with Crippen molar-refractivity contribution in [2.75, 3.05) is 11.1 Å². The van der Waals surface area contributed by atoms with E-state index in [1.807, 2.05) is 66.1 Å². The number of ether oxygens (including phenoxy) is 1. The maximum absolute atomic E-state index is 13.9. The van der Waals surface area contributed by atoms with Crippen molar-refractivity contribution in [2.45, 2.75) is 37.9 Å². The number of aromatic nitrogens is 3. The molecule has 9 heteroatoms. The molecule has 4 rings (SSSR count). The summed E-state index contributed by atoms with van der Waals surface area (Å²) in [5, 5.41) is 11.4. The van der Waals surface area contributed by atoms with Crippen molar-refractivity contribution >= 4 is 23.4 Å². The van der Waals surface area contributed by atoms with E-state index >= 15 is 0 Å². The van der Waals surface area contributed by atoms with Crippen LogP contribution in [0.25, 0.3) is 5.69 Å². The fraction of sp³-hybridized carbons (Fsp3) is 0.222. The van der Waals surface area contributed by atoms with Gasteiger partial charge in [-0.25, -0.2) is 8.78 Å². The van der Waals surface area contributed by atoms with Gasteiger partial charge in [-0.15, -0.1) is 10.2 Å². The van der Waals surface area contributed by atoms with Gasteiger partial charge in [0, 0.05) is 5.69 Å². The highest BCUT2D eigenvalue weighted by Crippen LogP contribution is 2.29. The zero-order chi connectivity index (χ0) is 25.7. The highest BCUT2D eigenvalue weighted by atomic mass is 32.2. The van der Waals surface area contributed by atoms with Crippen LogP contribution >= 0.6 is 11.8 Å². The number of amides is 1. The molecule has 1 amide bonds. The van der Waals surface area contributed by atoms with Gasteiger partial charge in [0.25, 0.3) is 0 Å². The largest absolute Gasteiger partial charge is 0.483 e. The van der Waals surface area contributed by atoms with Crippen molar-refractivity contribution in [1.82, 2.24) is 14.8 Å². The van der Waals surface area contributed by atoms with Gasteiger partial charge in [0.2, 0.25) is 5.91 Å². The molecule has 1 aromatic heterocycles. The Morgan fingerprint density at radius 3 is 2.25 bits per heavy atom. The van der Waals surface area contributed by atoms with Gasteiger partial charge >= 0.3 is 0 Å². The Kier molecular flexibility index (Phi) is 8.00. The molecule has 1 unspecified atom stereocenters. The monoisotopic (exact) mass is 508 g/mol. The molecule has 0 spiro atoms. The molecule has 0 radical (unpaired) electrons. The maximum atomic E-state index is 13.9. The lowest BCUT2D eigenvalue weighted by Gasteiger charge is -2.17. The number of nitrogens with zero attached hydrogens (tertiary/aromatic N) is 3. The second kappa shape index (κ2) is 11.3. The third-order valence-corrected chi connectivity index (χ3v) is 6.38. The lowest BCUT2D eigenvalue weighted by Crippen LogP contribution is -2.17. The Bertz CT molecular complexity index is 1310. The van der Waals surface area contributed by atoms with Crippen LogP contribution in [0.1, 0.15) is 44.2 Å². The molecule has 6 nitrogen and oxygen atoms in total. The van der Waals surface area contributed by atoms with Gasteiger partial charge in [-0.2, -0.15) is 0 Å². The Hall–Kier alpha value is -3.72. The highest BCUT2D eigenvalue weighted by Gasteiger charge is 2.22. The maximum Gasteiger partial charge on any atom is 0.235 e. The van der Waals surface area contributed by atoms with Gasteiger partial charge in [0.1, 0.15) is 23.1 Å². The first kappa shape index (κ1) is 25.4. The number of thioether (sulfide) groups is 1. The number of para-hydroxylation sites is 2. The fourth-order valence-electron chi connectivity index (χ4n) is 3.57. The second-order valence-electron chi connectivity index (χ2n) is 8.43. The van der Waals surface area contributed by atoms with E-state index in [0.29, 0.717) is 22.6 Å². The summed E-state index contributed by atoms with van der Waals surface area (Å²) in [4.78, 5) is 12.4. The van der Waals surface area contributed by atoms with Crippen LogP contribution in [0.5, 0.6) is 5.75 Å². The zero-order valence-corrected chi connectivity index (χ0v) is 20.9. The average molecular weight is 509 g/mol. The Labute approximate surface area is 212 Å². The second-order valence-corrected chi connectivity index (χ2v) is 9.37. The van der Waals surface area contributed by atoms with E-state index in [4.69, 9.17) is 4.74 Å². The molecular weight excluding hydrogens is 482 g/mol. The molecule has 3 aromatic carbocycles. The molecule has 0 aliphatic heterocycles. The third-order valence-electron chi connectivity index (χ3n) is 5.46. The number of carbonyl (C=O) groups excluding carboxylic acids is 1. The molecule has 36 heavy (non-hydrogen) atoms. The summed E-state index contributed by atoms with van der Waals surface area (Å²) >= 11 is 1.11. The minimum Gasteiger partial charge on any atom is -0.483 e. The molecule has 0 bridgehead atoms. The Balaban J connectivity index is 1.53. The average Bonchev–Trinajstić information content (AvgIpc) is 3.30. The summed E-state index contributed by atoms with van der Waals surface area (Å²) in [6, 6.07) is 20.8. The minimum atomic E-state index is -0.838. The van der Waals surface area contributed by atoms with Crippen LogP contribution in [0.15, 0.2) is 78.0 Å². The molecule has 4 aromatic rings. The van der Waals surface area contributed by atoms with Crippen LogP contribution in [0.2, 0.25) is 0 Å². The molecule has 186 valence electrons. The lowest BCUT2D eigenvalue weighted by molar-refractivity contribution is -0.113. The van der Waals surface area contributed by atoms with Gasteiger partial charge in [-0.3, -0.25) is 9.36 Å². The quantitative estimate of drug-likeness (QED) is 0.260. The third kappa shape index (κ3) is 5.91. The van der Waals surface area contributed by atoms with Crippen molar-refractivity contribution in [3.8, 4) is 11.4 Å². The van der Waals surface area contributed by atoms with Crippen LogP contribution in [0.3, 0.4) is 0 Å². The number of carbonyl (C=O) groups is 1. The van der Waals surface area contributed by atoms with Crippen LogP contribution < -0.4 is 10.1 Å². The lowest BCUT2D eigenvalue weighted by atomic mass is 10.0. The summed E-state index contributed by atoms with van der Waals surface area (Å²) in [6.07, 6.45) is -0.446. The molecule has 0 saturated heterocycles. The number of halogens is 2. The number of nitrogens with one attached hydrogen (secondary N) is 1. The van der Waals surface area contributed by atoms with E-state index in [0.717, 1.165) is 29.6 Å². The van der Waals surface area contributed by atoms with Crippen LogP contribution in [-0.4, -0.2) is 26.4 Å². The summed E-state index contributed by atoms with van der Waals surface area (Å²) in [5.74, 6) is -0.685. The van der Waals surface area contributed by atoms with Crippen molar-refractivity contribution < 1.29 is 18.3 Å². The first-order valence-electron chi connectivity index (χ1n) is 11.5. The molecule has 0 aliphatic rings. The van der Waals surface area contributed by atoms with Gasteiger partial charge < -0.3 is 10.1 Å². The summed E-state index contributed by atoms with van der Waals surface area (Å²) in [7, 11) is 0. The Morgan fingerprint density at radius 2 is 1.61 bits per heavy atom. The minimum absolute atomic E-state index is 0.120. The summed E-state index contributed by atoms with van der Waals surface area (Å²) < 4.78 is 35.7. The number of hydrogen-bond donors (Lipinski definition) is 1. The smallest absolute Gasteiger partial charge is 0.235 e. The Morgan fingerprint density at radius 1 is 0.944 bits per heavy atom. The fourth-order valence-corrected chi connectivity index (χ4v) is 4.33. The first-order valence-corrected chi connectivity index (χ1v) is 12.5. The van der Waals surface area contributed by atoms with Crippen molar-refractivity contribution in [1.29, 1.82) is 0 Å². The predicted molar refractivity (Wildman–Crippen MR) is 137 cm³/mol. The summed E-state index contributed by atoms with van der Waals surface area (Å²) in [5.41, 5.74) is 1.54. The molecule has 0 fully saturated rings. The molecule has 1 N–H and O–H groups in total. The zero-order valence-electron chi connectivity index (χ0n) is 20.1. The van der Waals surface area contributed by atoms with Crippen LogP contribution in [0, 0.1) is 11.6 Å². The van der Waals surface area contributed by atoms with Crippen molar-refractivity contribution in [3.05, 3.63) is 95.8 Å². The topological polar surface area (TPSA) is 69.0 Å². The van der Waals surface area contributed by atoms with E-state index < -0.39 is 29.3 Å². The van der Waals surface area contributed by atoms with E-state index in [2.05, 4.69) is 29.4 Å². The van der Waals surface area contributed by atoms with Crippen LogP contribution in [-0.2, 0) is 4.79 Å². The van der Waals surface area contributed by atoms with E-state index in [1.54, 1.807) is 0 Å². The molecule has 0 aliphatic carbocycles. The number of hydrogen-bond acceptors (Lipinski definition) is 5. The van der Waals surface area contributed by atoms with Crippen molar-refractivity contribution in [2.24, 2.45) is 0 Å². The predicted octanol–water partition coefficient (Wildman–Crippen LogP) is 6.54. The normalized spacial score (nSPS) is 11.9. The standard InChI is InChI=1S/C27H26F2N4O2S/c1-17(2)19-12-14-21(15-13-19)35-18(3)26-31-32-27(33(26)20-8-5-4-6-9-20)36-16-24(34)30-25-22(28)10-7-11-23(25)29/h4-15,17-18H,16H2,1-3H3,(H,30,34). The molecule has 0 saturated carbocycles. The summed E-state index contributed by atoms with van der Waals surface area (Å²) in [6.45, 7) is 6.14. The molecule has 1 heterocycles. The van der Waals surface area contributed by atoms with Crippen molar-refractivity contribution in [3.63, 3.8) is 0 Å². The molecule has 1 atom stereocenters. The number of benzene rings is 3. The number of anilines is 1. The SMILES string of the molecule is CC(C)c1ccc(OC(C)c2nnc(SCC(=O)Nc3c(F)cccc3F)n2-c2ccccc2)cc1. The highest BCUT2D eigenvalue weighted by molar-refractivity contribution is 7.99. The molecular formula is C27H26F2N4O2S. The van der Waals surface area contributed by atoms with E-state index in [9.17, 15) is 13.6 Å². The first-order chi connectivity index (χ1) is 17.3. The van der Waals surface area contributed by atoms with Crippen LogP contribution in [0.4, 0.5) is 14.5 Å². The van der Waals surface area contributed by atoms with E-state index in [1.165, 1.54) is 11.6 Å². The van der Waals surface area contributed by atoms with Gasteiger partial charge in [0.05, 0.1) is 5.75 Å².